The first kappa shape index (κ1) is 18.7. The number of rotatable bonds is 3. The van der Waals surface area contributed by atoms with Crippen LogP contribution in [0.25, 0.3) is 5.69 Å². The van der Waals surface area contributed by atoms with Crippen LogP contribution in [0.4, 0.5) is 0 Å². The van der Waals surface area contributed by atoms with Crippen LogP contribution < -0.4 is 5.32 Å². The first-order chi connectivity index (χ1) is 12.8. The van der Waals surface area contributed by atoms with E-state index in [1.165, 1.54) is 12.8 Å². The topological polar surface area (TPSA) is 67.6 Å². The van der Waals surface area contributed by atoms with E-state index in [2.05, 4.69) is 37.5 Å². The number of guanidine groups is 1. The Labute approximate surface area is 176 Å². The van der Waals surface area contributed by atoms with Gasteiger partial charge < -0.3 is 15.0 Å². The Balaban J connectivity index is 0.00000180. The van der Waals surface area contributed by atoms with Crippen molar-refractivity contribution in [3.8, 4) is 5.69 Å². The van der Waals surface area contributed by atoms with E-state index in [0.717, 1.165) is 30.6 Å². The number of nitrogens with zero attached hydrogens (tertiary/aromatic N) is 5. The van der Waals surface area contributed by atoms with E-state index in [-0.39, 0.29) is 24.0 Å². The van der Waals surface area contributed by atoms with Crippen molar-refractivity contribution >= 4 is 29.9 Å². The zero-order valence-electron chi connectivity index (χ0n) is 15.4. The molecule has 27 heavy (non-hydrogen) atoms. The Bertz CT molecular complexity index is 792. The Morgan fingerprint density at radius 2 is 1.89 bits per heavy atom. The van der Waals surface area contributed by atoms with Crippen molar-refractivity contribution in [2.24, 2.45) is 16.8 Å². The number of nitrogens with one attached hydrogen (secondary N) is 1. The average Bonchev–Trinajstić information content (AvgIpc) is 3.44. The molecule has 0 saturated carbocycles. The Hall–Kier alpha value is -1.68. The second kappa shape index (κ2) is 7.75. The molecule has 5 rings (SSSR count). The molecule has 4 heterocycles. The van der Waals surface area contributed by atoms with Gasteiger partial charge in [-0.1, -0.05) is 18.2 Å². The third-order valence-corrected chi connectivity index (χ3v) is 6.02. The van der Waals surface area contributed by atoms with Gasteiger partial charge in [0.15, 0.2) is 11.8 Å². The maximum atomic E-state index is 6.08. The maximum absolute atomic E-state index is 6.08. The quantitative estimate of drug-likeness (QED) is 0.414. The van der Waals surface area contributed by atoms with E-state index in [4.69, 9.17) is 4.74 Å². The number of benzene rings is 1. The molecule has 2 aromatic rings. The molecular weight excluding hydrogens is 455 g/mol. The van der Waals surface area contributed by atoms with Crippen LogP contribution in [0, 0.1) is 11.8 Å². The fourth-order valence-electron chi connectivity index (χ4n) is 4.81. The van der Waals surface area contributed by atoms with Crippen LogP contribution in [0.1, 0.15) is 18.7 Å². The van der Waals surface area contributed by atoms with Crippen LogP contribution in [-0.2, 0) is 11.3 Å². The molecule has 3 saturated heterocycles. The Morgan fingerprint density at radius 1 is 1.19 bits per heavy atom. The highest BCUT2D eigenvalue weighted by Crippen LogP contribution is 2.47. The van der Waals surface area contributed by atoms with E-state index in [1.807, 2.05) is 29.8 Å². The maximum Gasteiger partial charge on any atom is 0.194 e. The highest BCUT2D eigenvalue weighted by atomic mass is 127. The molecule has 0 amide bonds. The number of likely N-dealkylation sites (tertiary alicyclic amines) is 1. The lowest BCUT2D eigenvalue weighted by Crippen LogP contribution is -2.41. The van der Waals surface area contributed by atoms with Crippen molar-refractivity contribution in [1.82, 2.24) is 25.0 Å². The van der Waals surface area contributed by atoms with Crippen LogP contribution in [0.5, 0.6) is 0 Å². The van der Waals surface area contributed by atoms with Gasteiger partial charge in [-0.2, -0.15) is 0 Å². The van der Waals surface area contributed by atoms with E-state index in [0.29, 0.717) is 30.6 Å². The zero-order valence-corrected chi connectivity index (χ0v) is 17.7. The van der Waals surface area contributed by atoms with Crippen LogP contribution in [0.3, 0.4) is 0 Å². The molecule has 8 heteroatoms. The second-order valence-corrected chi connectivity index (χ2v) is 7.38. The van der Waals surface area contributed by atoms with E-state index < -0.39 is 0 Å². The molecule has 0 radical (unpaired) electrons. The molecule has 3 aliphatic rings. The lowest BCUT2D eigenvalue weighted by molar-refractivity contribution is 0.0767. The average molecular weight is 480 g/mol. The number of aliphatic imine (C=N–C) groups is 1. The molecule has 0 spiro atoms. The summed E-state index contributed by atoms with van der Waals surface area (Å²) in [5.74, 6) is 3.15. The summed E-state index contributed by atoms with van der Waals surface area (Å²) < 4.78 is 8.08. The molecule has 3 fully saturated rings. The van der Waals surface area contributed by atoms with Crippen molar-refractivity contribution < 1.29 is 4.74 Å². The Kier molecular flexibility index (Phi) is 5.36. The number of para-hydroxylation sites is 1. The van der Waals surface area contributed by atoms with E-state index >= 15 is 0 Å². The summed E-state index contributed by atoms with van der Waals surface area (Å²) in [5.41, 5.74) is 1.06. The molecule has 144 valence electrons. The number of halogens is 1. The van der Waals surface area contributed by atoms with Gasteiger partial charge in [-0.15, -0.1) is 34.2 Å². The summed E-state index contributed by atoms with van der Waals surface area (Å²) in [5, 5.41) is 11.8. The van der Waals surface area contributed by atoms with Gasteiger partial charge in [-0.3, -0.25) is 9.56 Å². The minimum atomic E-state index is 0. The minimum absolute atomic E-state index is 0. The van der Waals surface area contributed by atoms with Crippen LogP contribution in [0.15, 0.2) is 41.7 Å². The highest BCUT2D eigenvalue weighted by Gasteiger charge is 2.53. The normalized spacial score (nSPS) is 28.9. The number of hydrogen-bond donors (Lipinski definition) is 1. The summed E-state index contributed by atoms with van der Waals surface area (Å²) in [6, 6.07) is 10.2. The van der Waals surface area contributed by atoms with Crippen molar-refractivity contribution in [2.75, 3.05) is 20.1 Å². The fraction of sp³-hybridized carbons (Fsp3) is 0.526. The minimum Gasteiger partial charge on any atom is -0.374 e. The monoisotopic (exact) mass is 480 g/mol. The molecule has 7 nitrogen and oxygen atoms in total. The molecule has 4 unspecified atom stereocenters. The predicted molar refractivity (Wildman–Crippen MR) is 113 cm³/mol. The third-order valence-electron chi connectivity index (χ3n) is 6.02. The van der Waals surface area contributed by atoms with Crippen molar-refractivity contribution in [2.45, 2.75) is 31.6 Å². The van der Waals surface area contributed by atoms with Gasteiger partial charge in [0.25, 0.3) is 0 Å². The number of hydrogen-bond acceptors (Lipinski definition) is 4. The summed E-state index contributed by atoms with van der Waals surface area (Å²) >= 11 is 0. The summed E-state index contributed by atoms with van der Waals surface area (Å²) in [7, 11) is 1.85. The number of aromatic nitrogens is 3. The standard InChI is InChI=1S/C19H24N6O.HI/c1-20-19(24-10-14-15(11-24)17-8-7-16(14)26-17)21-9-18-23-22-12-25(18)13-5-3-2-4-6-13;/h2-6,12,14-17H,7-11H2,1H3,(H,20,21);1H. The van der Waals surface area contributed by atoms with Crippen LogP contribution in [0.2, 0.25) is 0 Å². The molecule has 2 bridgehead atoms. The van der Waals surface area contributed by atoms with Gasteiger partial charge in [-0.25, -0.2) is 0 Å². The largest absolute Gasteiger partial charge is 0.374 e. The van der Waals surface area contributed by atoms with Gasteiger partial charge >= 0.3 is 0 Å². The molecule has 1 aromatic carbocycles. The number of ether oxygens (including phenoxy) is 1. The van der Waals surface area contributed by atoms with Crippen LogP contribution in [-0.4, -0.2) is 58.0 Å². The van der Waals surface area contributed by atoms with E-state index in [1.54, 1.807) is 6.33 Å². The first-order valence-electron chi connectivity index (χ1n) is 9.39. The van der Waals surface area contributed by atoms with Crippen molar-refractivity contribution in [3.63, 3.8) is 0 Å². The smallest absolute Gasteiger partial charge is 0.194 e. The van der Waals surface area contributed by atoms with E-state index in [9.17, 15) is 0 Å². The van der Waals surface area contributed by atoms with Gasteiger partial charge in [-0.05, 0) is 25.0 Å². The molecule has 3 aliphatic heterocycles. The second-order valence-electron chi connectivity index (χ2n) is 7.38. The first-order valence-corrected chi connectivity index (χ1v) is 9.39. The predicted octanol–water partition coefficient (Wildman–Crippen LogP) is 2.07. The highest BCUT2D eigenvalue weighted by molar-refractivity contribution is 14.0. The van der Waals surface area contributed by atoms with Gasteiger partial charge in [0.2, 0.25) is 0 Å². The SMILES string of the molecule is CN=C(NCc1nncn1-c1ccccc1)N1CC2C3CCC(O3)C2C1.I. The Morgan fingerprint density at radius 3 is 2.56 bits per heavy atom. The summed E-state index contributed by atoms with van der Waals surface area (Å²) in [6.07, 6.45) is 5.14. The summed E-state index contributed by atoms with van der Waals surface area (Å²) in [4.78, 5) is 6.88. The fourth-order valence-corrected chi connectivity index (χ4v) is 4.81. The molecule has 4 atom stereocenters. The van der Waals surface area contributed by atoms with Crippen molar-refractivity contribution in [1.29, 1.82) is 0 Å². The van der Waals surface area contributed by atoms with Crippen LogP contribution >= 0.6 is 24.0 Å². The molecular formula is C19H25IN6O. The molecule has 1 N–H and O–H groups in total. The number of fused-ring (bicyclic) bond motifs is 5. The lowest BCUT2D eigenvalue weighted by atomic mass is 9.82. The van der Waals surface area contributed by atoms with Gasteiger partial charge in [0, 0.05) is 37.7 Å². The lowest BCUT2D eigenvalue weighted by Gasteiger charge is -2.23. The summed E-state index contributed by atoms with van der Waals surface area (Å²) in [6.45, 7) is 2.67. The molecule has 0 aliphatic carbocycles. The van der Waals surface area contributed by atoms with Gasteiger partial charge in [0.05, 0.1) is 18.8 Å². The molecule has 1 aromatic heterocycles. The third kappa shape index (κ3) is 3.33. The zero-order chi connectivity index (χ0) is 17.5. The van der Waals surface area contributed by atoms with Gasteiger partial charge in [0.1, 0.15) is 6.33 Å². The van der Waals surface area contributed by atoms with Crippen molar-refractivity contribution in [3.05, 3.63) is 42.5 Å².